The molecule has 4 heteroatoms. The molecular formula is C18H18N4. The molecule has 110 valence electrons. The second kappa shape index (κ2) is 5.64. The van der Waals surface area contributed by atoms with Crippen LogP contribution in [0, 0.1) is 0 Å². The summed E-state index contributed by atoms with van der Waals surface area (Å²) < 4.78 is 0. The fraction of sp³-hybridized carbons (Fsp3) is 0.222. The number of piperazine rings is 1. The minimum atomic E-state index is 0.998. The van der Waals surface area contributed by atoms with E-state index in [4.69, 9.17) is 0 Å². The van der Waals surface area contributed by atoms with E-state index in [1.807, 2.05) is 30.7 Å². The molecule has 0 N–H and O–H groups in total. The summed E-state index contributed by atoms with van der Waals surface area (Å²) in [5.41, 5.74) is 1.31. The molecule has 0 atom stereocenters. The number of nitrogens with zero attached hydrogens (tertiary/aromatic N) is 4. The molecule has 3 heterocycles. The van der Waals surface area contributed by atoms with Crippen molar-refractivity contribution in [2.45, 2.75) is 0 Å². The van der Waals surface area contributed by atoms with Crippen molar-refractivity contribution < 1.29 is 0 Å². The van der Waals surface area contributed by atoms with Crippen molar-refractivity contribution >= 4 is 22.3 Å². The highest BCUT2D eigenvalue weighted by molar-refractivity contribution is 5.93. The zero-order valence-corrected chi connectivity index (χ0v) is 12.4. The van der Waals surface area contributed by atoms with Gasteiger partial charge in [-0.3, -0.25) is 4.98 Å². The number of pyridine rings is 2. The first-order valence-electron chi connectivity index (χ1n) is 7.65. The molecule has 0 bridgehead atoms. The van der Waals surface area contributed by atoms with Crippen LogP contribution in [0.15, 0.2) is 61.1 Å². The van der Waals surface area contributed by atoms with E-state index in [-0.39, 0.29) is 0 Å². The van der Waals surface area contributed by atoms with Gasteiger partial charge >= 0.3 is 0 Å². The Bertz CT molecular complexity index is 759. The van der Waals surface area contributed by atoms with Gasteiger partial charge in [0.05, 0.1) is 0 Å². The monoisotopic (exact) mass is 290 g/mol. The van der Waals surface area contributed by atoms with Gasteiger partial charge < -0.3 is 9.80 Å². The highest BCUT2D eigenvalue weighted by Gasteiger charge is 2.19. The molecule has 1 aliphatic rings. The van der Waals surface area contributed by atoms with Crippen LogP contribution < -0.4 is 9.80 Å². The van der Waals surface area contributed by atoms with Crippen molar-refractivity contribution in [3.63, 3.8) is 0 Å². The van der Waals surface area contributed by atoms with Crippen molar-refractivity contribution in [2.24, 2.45) is 0 Å². The van der Waals surface area contributed by atoms with Gasteiger partial charge in [-0.05, 0) is 24.3 Å². The number of benzene rings is 1. The summed E-state index contributed by atoms with van der Waals surface area (Å²) in [5.74, 6) is 1.07. The standard InChI is InChI=1S/C18H18N4/c1-2-8-20-18(6-1)22-12-10-21(11-13-22)17-5-3-4-15-14-19-9-7-16(15)17/h1-9,14H,10-13H2. The average Bonchev–Trinajstić information content (AvgIpc) is 2.62. The normalized spacial score (nSPS) is 15.3. The Kier molecular flexibility index (Phi) is 3.35. The minimum Gasteiger partial charge on any atom is -0.367 e. The van der Waals surface area contributed by atoms with Crippen molar-refractivity contribution in [1.29, 1.82) is 0 Å². The van der Waals surface area contributed by atoms with Gasteiger partial charge in [-0.1, -0.05) is 18.2 Å². The lowest BCUT2D eigenvalue weighted by atomic mass is 10.1. The van der Waals surface area contributed by atoms with Gasteiger partial charge in [0.2, 0.25) is 0 Å². The molecule has 0 amide bonds. The summed E-state index contributed by atoms with van der Waals surface area (Å²) in [6.45, 7) is 4.02. The molecule has 0 radical (unpaired) electrons. The Labute approximate surface area is 130 Å². The van der Waals surface area contributed by atoms with Gasteiger partial charge in [0, 0.05) is 61.2 Å². The predicted octanol–water partition coefficient (Wildman–Crippen LogP) is 2.96. The fourth-order valence-electron chi connectivity index (χ4n) is 3.10. The average molecular weight is 290 g/mol. The lowest BCUT2D eigenvalue weighted by Gasteiger charge is -2.37. The van der Waals surface area contributed by atoms with Gasteiger partial charge in [-0.25, -0.2) is 4.98 Å². The van der Waals surface area contributed by atoms with E-state index in [0.29, 0.717) is 0 Å². The van der Waals surface area contributed by atoms with E-state index in [9.17, 15) is 0 Å². The molecular weight excluding hydrogens is 272 g/mol. The van der Waals surface area contributed by atoms with Gasteiger partial charge in [0.15, 0.2) is 0 Å². The van der Waals surface area contributed by atoms with Gasteiger partial charge in [-0.15, -0.1) is 0 Å². The van der Waals surface area contributed by atoms with Crippen molar-refractivity contribution in [1.82, 2.24) is 9.97 Å². The first kappa shape index (κ1) is 13.1. The summed E-state index contributed by atoms with van der Waals surface area (Å²) in [7, 11) is 0. The van der Waals surface area contributed by atoms with Crippen LogP contribution in [0.3, 0.4) is 0 Å². The molecule has 1 aromatic carbocycles. The van der Waals surface area contributed by atoms with Crippen LogP contribution in [0.25, 0.3) is 10.8 Å². The summed E-state index contributed by atoms with van der Waals surface area (Å²) >= 11 is 0. The largest absolute Gasteiger partial charge is 0.367 e. The Balaban J connectivity index is 1.56. The maximum atomic E-state index is 4.45. The van der Waals surface area contributed by atoms with Crippen LogP contribution >= 0.6 is 0 Å². The number of hydrogen-bond donors (Lipinski definition) is 0. The number of rotatable bonds is 2. The van der Waals surface area contributed by atoms with Crippen molar-refractivity contribution in [3.05, 3.63) is 61.1 Å². The Morgan fingerprint density at radius 2 is 1.64 bits per heavy atom. The molecule has 0 aliphatic carbocycles. The summed E-state index contributed by atoms with van der Waals surface area (Å²) in [4.78, 5) is 13.5. The highest BCUT2D eigenvalue weighted by Crippen LogP contribution is 2.27. The predicted molar refractivity (Wildman–Crippen MR) is 90.4 cm³/mol. The molecule has 0 spiro atoms. The number of hydrogen-bond acceptors (Lipinski definition) is 4. The second-order valence-electron chi connectivity index (χ2n) is 5.54. The Hall–Kier alpha value is -2.62. The molecule has 3 aromatic rings. The maximum Gasteiger partial charge on any atom is 0.128 e. The molecule has 1 fully saturated rings. The molecule has 0 saturated carbocycles. The molecule has 22 heavy (non-hydrogen) atoms. The van der Waals surface area contributed by atoms with E-state index in [2.05, 4.69) is 50.1 Å². The molecule has 4 rings (SSSR count). The second-order valence-corrected chi connectivity index (χ2v) is 5.54. The lowest BCUT2D eigenvalue weighted by molar-refractivity contribution is 0.649. The first-order chi connectivity index (χ1) is 10.9. The van der Waals surface area contributed by atoms with Gasteiger partial charge in [0.25, 0.3) is 0 Å². The van der Waals surface area contributed by atoms with E-state index >= 15 is 0 Å². The number of anilines is 2. The Morgan fingerprint density at radius 1 is 0.773 bits per heavy atom. The van der Waals surface area contributed by atoms with Gasteiger partial charge in [-0.2, -0.15) is 0 Å². The third kappa shape index (κ3) is 2.37. The third-order valence-electron chi connectivity index (χ3n) is 4.25. The first-order valence-corrected chi connectivity index (χ1v) is 7.65. The summed E-state index contributed by atoms with van der Waals surface area (Å²) in [5, 5.41) is 2.48. The van der Waals surface area contributed by atoms with E-state index in [0.717, 1.165) is 32.0 Å². The molecule has 0 unspecified atom stereocenters. The van der Waals surface area contributed by atoms with Crippen LogP contribution in [0.4, 0.5) is 11.5 Å². The fourth-order valence-corrected chi connectivity index (χ4v) is 3.10. The number of aromatic nitrogens is 2. The van der Waals surface area contributed by atoms with E-state index in [1.54, 1.807) is 0 Å². The molecule has 2 aromatic heterocycles. The lowest BCUT2D eigenvalue weighted by Crippen LogP contribution is -2.46. The maximum absolute atomic E-state index is 4.45. The Morgan fingerprint density at radius 3 is 2.45 bits per heavy atom. The van der Waals surface area contributed by atoms with Crippen molar-refractivity contribution in [2.75, 3.05) is 36.0 Å². The summed E-state index contributed by atoms with van der Waals surface area (Å²) in [6.07, 6.45) is 5.67. The van der Waals surface area contributed by atoms with Crippen LogP contribution in [0.1, 0.15) is 0 Å². The highest BCUT2D eigenvalue weighted by atomic mass is 15.3. The number of fused-ring (bicyclic) bond motifs is 1. The molecule has 4 nitrogen and oxygen atoms in total. The van der Waals surface area contributed by atoms with Crippen LogP contribution in [0.2, 0.25) is 0 Å². The smallest absolute Gasteiger partial charge is 0.128 e. The SMILES string of the molecule is c1ccc(N2CCN(c3cccc4cnccc34)CC2)nc1. The van der Waals surface area contributed by atoms with Crippen LogP contribution in [-0.2, 0) is 0 Å². The van der Waals surface area contributed by atoms with E-state index in [1.165, 1.54) is 16.5 Å². The zero-order chi connectivity index (χ0) is 14.8. The molecule has 1 saturated heterocycles. The van der Waals surface area contributed by atoms with E-state index < -0.39 is 0 Å². The minimum absolute atomic E-state index is 0.998. The topological polar surface area (TPSA) is 32.3 Å². The third-order valence-corrected chi connectivity index (χ3v) is 4.25. The van der Waals surface area contributed by atoms with Gasteiger partial charge in [0.1, 0.15) is 5.82 Å². The van der Waals surface area contributed by atoms with Crippen molar-refractivity contribution in [3.8, 4) is 0 Å². The summed E-state index contributed by atoms with van der Waals surface area (Å²) in [6, 6.07) is 14.6. The van der Waals surface area contributed by atoms with Crippen LogP contribution in [-0.4, -0.2) is 36.1 Å². The zero-order valence-electron chi connectivity index (χ0n) is 12.4. The molecule has 1 aliphatic heterocycles. The quantitative estimate of drug-likeness (QED) is 0.726. The van der Waals surface area contributed by atoms with Crippen LogP contribution in [0.5, 0.6) is 0 Å².